The van der Waals surface area contributed by atoms with Gasteiger partial charge in [0.15, 0.2) is 0 Å². The lowest BCUT2D eigenvalue weighted by molar-refractivity contribution is 0.130. The van der Waals surface area contributed by atoms with Crippen LogP contribution in [0, 0.1) is 11.3 Å². The number of hydrogen-bond donors (Lipinski definition) is 1. The lowest BCUT2D eigenvalue weighted by Crippen LogP contribution is -2.49. The Labute approximate surface area is 99.2 Å². The van der Waals surface area contributed by atoms with Gasteiger partial charge in [0.2, 0.25) is 0 Å². The summed E-state index contributed by atoms with van der Waals surface area (Å²) in [5.41, 5.74) is 0. The fraction of sp³-hybridized carbons (Fsp3) is 0.917. The second-order valence-corrected chi connectivity index (χ2v) is 4.74. The number of piperidine rings is 1. The van der Waals surface area contributed by atoms with Gasteiger partial charge in [-0.1, -0.05) is 6.92 Å². The van der Waals surface area contributed by atoms with E-state index >= 15 is 0 Å². The molecule has 0 aromatic heterocycles. The largest absolute Gasteiger partial charge is 0.305 e. The molecule has 1 N–H and O–H groups in total. The summed E-state index contributed by atoms with van der Waals surface area (Å²) >= 11 is 0. The van der Waals surface area contributed by atoms with Crippen LogP contribution in [0.4, 0.5) is 0 Å². The summed E-state index contributed by atoms with van der Waals surface area (Å²) in [6, 6.07) is 2.88. The van der Waals surface area contributed by atoms with Gasteiger partial charge in [0, 0.05) is 19.1 Å². The highest BCUT2D eigenvalue weighted by Gasteiger charge is 2.22. The number of likely N-dealkylation sites (N-methyl/N-ethyl adjacent to an activating group) is 3. The zero-order chi connectivity index (χ0) is 12.0. The van der Waals surface area contributed by atoms with Crippen molar-refractivity contribution in [3.05, 3.63) is 0 Å². The maximum atomic E-state index is 9.01. The van der Waals surface area contributed by atoms with E-state index in [0.29, 0.717) is 6.04 Å². The highest BCUT2D eigenvalue weighted by atomic mass is 15.2. The summed E-state index contributed by atoms with van der Waals surface area (Å²) in [7, 11) is 4.30. The molecule has 1 heterocycles. The van der Waals surface area contributed by atoms with E-state index < -0.39 is 0 Å². The van der Waals surface area contributed by atoms with Crippen LogP contribution in [-0.4, -0.2) is 62.2 Å². The molecule has 92 valence electrons. The number of nitrogens with one attached hydrogen (secondary N) is 1. The number of likely N-dealkylation sites (tertiary alicyclic amines) is 1. The lowest BCUT2D eigenvalue weighted by Gasteiger charge is -2.36. The van der Waals surface area contributed by atoms with E-state index in [0.717, 1.165) is 19.6 Å². The minimum Gasteiger partial charge on any atom is -0.305 e. The highest BCUT2D eigenvalue weighted by Crippen LogP contribution is 2.13. The molecule has 2 atom stereocenters. The van der Waals surface area contributed by atoms with Crippen LogP contribution in [0.1, 0.15) is 19.8 Å². The van der Waals surface area contributed by atoms with Crippen molar-refractivity contribution in [3.63, 3.8) is 0 Å². The molecule has 0 radical (unpaired) electrons. The van der Waals surface area contributed by atoms with Crippen LogP contribution in [0.3, 0.4) is 0 Å². The Morgan fingerprint density at radius 2 is 2.38 bits per heavy atom. The molecular weight excluding hydrogens is 200 g/mol. The van der Waals surface area contributed by atoms with Gasteiger partial charge in [-0.05, 0) is 40.0 Å². The van der Waals surface area contributed by atoms with E-state index in [4.69, 9.17) is 5.26 Å². The quantitative estimate of drug-likeness (QED) is 0.739. The maximum absolute atomic E-state index is 9.01. The first-order valence-electron chi connectivity index (χ1n) is 6.19. The van der Waals surface area contributed by atoms with E-state index in [-0.39, 0.29) is 6.04 Å². The Balaban J connectivity index is 2.38. The zero-order valence-corrected chi connectivity index (χ0v) is 10.7. The third-order valence-electron chi connectivity index (χ3n) is 3.30. The number of nitriles is 1. The van der Waals surface area contributed by atoms with Crippen molar-refractivity contribution < 1.29 is 0 Å². The summed E-state index contributed by atoms with van der Waals surface area (Å²) < 4.78 is 0. The van der Waals surface area contributed by atoms with Crippen molar-refractivity contribution >= 4 is 0 Å². The molecule has 0 aromatic carbocycles. The normalized spacial score (nSPS) is 24.3. The van der Waals surface area contributed by atoms with Gasteiger partial charge in [-0.3, -0.25) is 4.90 Å². The highest BCUT2D eigenvalue weighted by molar-refractivity contribution is 4.93. The summed E-state index contributed by atoms with van der Waals surface area (Å²) in [4.78, 5) is 4.70. The molecule has 4 nitrogen and oxygen atoms in total. The van der Waals surface area contributed by atoms with Gasteiger partial charge in [0.1, 0.15) is 6.04 Å². The molecule has 0 aromatic rings. The van der Waals surface area contributed by atoms with Gasteiger partial charge in [0.25, 0.3) is 0 Å². The van der Waals surface area contributed by atoms with Crippen LogP contribution in [0.2, 0.25) is 0 Å². The predicted octanol–water partition coefficient (Wildman–Crippen LogP) is 0.514. The Bertz CT molecular complexity index is 236. The molecule has 1 fully saturated rings. The fourth-order valence-corrected chi connectivity index (χ4v) is 2.33. The summed E-state index contributed by atoms with van der Waals surface area (Å²) in [5.74, 6) is 0. The molecule has 4 heteroatoms. The second-order valence-electron chi connectivity index (χ2n) is 4.74. The maximum Gasteiger partial charge on any atom is 0.108 e. The first-order chi connectivity index (χ1) is 7.67. The molecule has 2 unspecified atom stereocenters. The average Bonchev–Trinajstić information content (AvgIpc) is 2.28. The molecule has 0 amide bonds. The van der Waals surface area contributed by atoms with Crippen LogP contribution in [0.25, 0.3) is 0 Å². The number of rotatable bonds is 5. The van der Waals surface area contributed by atoms with E-state index in [1.165, 1.54) is 19.4 Å². The smallest absolute Gasteiger partial charge is 0.108 e. The van der Waals surface area contributed by atoms with Crippen molar-refractivity contribution in [1.29, 1.82) is 5.26 Å². The van der Waals surface area contributed by atoms with E-state index in [1.807, 2.05) is 6.92 Å². The topological polar surface area (TPSA) is 42.3 Å². The van der Waals surface area contributed by atoms with Crippen LogP contribution in [0.15, 0.2) is 0 Å². The SMILES string of the molecule is CCNC(C#N)CN(C)C1CCCN(C)C1. The molecule has 0 aliphatic carbocycles. The van der Waals surface area contributed by atoms with Gasteiger partial charge in [-0.15, -0.1) is 0 Å². The lowest BCUT2D eigenvalue weighted by atomic mass is 10.0. The Kier molecular flexibility index (Phi) is 5.75. The summed E-state index contributed by atoms with van der Waals surface area (Å²) in [5, 5.41) is 12.2. The third-order valence-corrected chi connectivity index (χ3v) is 3.30. The predicted molar refractivity (Wildman–Crippen MR) is 66.2 cm³/mol. The van der Waals surface area contributed by atoms with Crippen molar-refractivity contribution in [1.82, 2.24) is 15.1 Å². The van der Waals surface area contributed by atoms with E-state index in [2.05, 4.69) is 35.3 Å². The molecule has 0 spiro atoms. The average molecular weight is 224 g/mol. The molecule has 16 heavy (non-hydrogen) atoms. The van der Waals surface area contributed by atoms with Crippen LogP contribution >= 0.6 is 0 Å². The fourth-order valence-electron chi connectivity index (χ4n) is 2.33. The molecule has 1 rings (SSSR count). The molecule has 0 bridgehead atoms. The van der Waals surface area contributed by atoms with Gasteiger partial charge in [-0.25, -0.2) is 0 Å². The minimum atomic E-state index is -0.0396. The van der Waals surface area contributed by atoms with Crippen molar-refractivity contribution in [2.75, 3.05) is 40.3 Å². The van der Waals surface area contributed by atoms with Crippen LogP contribution < -0.4 is 5.32 Å². The minimum absolute atomic E-state index is 0.0396. The molecular formula is C12H24N4. The third kappa shape index (κ3) is 4.09. The first kappa shape index (κ1) is 13.4. The standard InChI is InChI=1S/C12H24N4/c1-4-14-11(8-13)9-16(3)12-6-5-7-15(2)10-12/h11-12,14H,4-7,9-10H2,1-3H3. The Hall–Kier alpha value is -0.630. The molecule has 1 aliphatic heterocycles. The summed E-state index contributed by atoms with van der Waals surface area (Å²) in [6.45, 7) is 6.05. The Morgan fingerprint density at radius 3 is 2.94 bits per heavy atom. The monoisotopic (exact) mass is 224 g/mol. The zero-order valence-electron chi connectivity index (χ0n) is 10.7. The van der Waals surface area contributed by atoms with Crippen molar-refractivity contribution in [2.45, 2.75) is 31.8 Å². The van der Waals surface area contributed by atoms with E-state index in [9.17, 15) is 0 Å². The van der Waals surface area contributed by atoms with Gasteiger partial charge < -0.3 is 10.2 Å². The van der Waals surface area contributed by atoms with Crippen molar-refractivity contribution in [2.24, 2.45) is 0 Å². The molecule has 0 saturated carbocycles. The number of nitrogens with zero attached hydrogens (tertiary/aromatic N) is 3. The Morgan fingerprint density at radius 1 is 1.62 bits per heavy atom. The summed E-state index contributed by atoms with van der Waals surface area (Å²) in [6.07, 6.45) is 2.52. The number of hydrogen-bond acceptors (Lipinski definition) is 4. The van der Waals surface area contributed by atoms with E-state index in [1.54, 1.807) is 0 Å². The van der Waals surface area contributed by atoms with Crippen molar-refractivity contribution in [3.8, 4) is 6.07 Å². The van der Waals surface area contributed by atoms with Crippen LogP contribution in [-0.2, 0) is 0 Å². The van der Waals surface area contributed by atoms with Crippen LogP contribution in [0.5, 0.6) is 0 Å². The van der Waals surface area contributed by atoms with Gasteiger partial charge in [-0.2, -0.15) is 5.26 Å². The molecule has 1 saturated heterocycles. The first-order valence-corrected chi connectivity index (χ1v) is 6.19. The van der Waals surface area contributed by atoms with Gasteiger partial charge >= 0.3 is 0 Å². The molecule has 1 aliphatic rings. The second kappa shape index (κ2) is 6.85. The van der Waals surface area contributed by atoms with Gasteiger partial charge in [0.05, 0.1) is 6.07 Å².